The van der Waals surface area contributed by atoms with Crippen LogP contribution >= 0.6 is 0 Å². The number of nitrogens with zero attached hydrogens (tertiary/aromatic N) is 3. The zero-order valence-corrected chi connectivity index (χ0v) is 17.4. The molecule has 0 fully saturated rings. The van der Waals surface area contributed by atoms with Crippen LogP contribution in [0.5, 0.6) is 0 Å². The number of aromatic nitrogens is 2. The van der Waals surface area contributed by atoms with E-state index in [1.165, 1.54) is 11.1 Å². The van der Waals surface area contributed by atoms with Crippen LogP contribution in [-0.4, -0.2) is 28.7 Å². The summed E-state index contributed by atoms with van der Waals surface area (Å²) >= 11 is 0. The molecule has 0 aliphatic heterocycles. The van der Waals surface area contributed by atoms with Crippen LogP contribution in [0.15, 0.2) is 72.0 Å². The molecule has 0 saturated heterocycles. The first-order chi connectivity index (χ1) is 14.7. The highest BCUT2D eigenvalue weighted by Crippen LogP contribution is 2.11. The summed E-state index contributed by atoms with van der Waals surface area (Å²) in [4.78, 5) is 16.5. The maximum atomic E-state index is 12.2. The summed E-state index contributed by atoms with van der Waals surface area (Å²) < 4.78 is 1.59. The van der Waals surface area contributed by atoms with Crippen molar-refractivity contribution in [3.63, 3.8) is 0 Å². The van der Waals surface area contributed by atoms with E-state index in [0.29, 0.717) is 13.1 Å². The van der Waals surface area contributed by atoms with Crippen molar-refractivity contribution in [2.75, 3.05) is 12.4 Å². The summed E-state index contributed by atoms with van der Waals surface area (Å²) in [6.07, 6.45) is 4.42. The second-order valence-corrected chi connectivity index (χ2v) is 6.85. The van der Waals surface area contributed by atoms with Gasteiger partial charge < -0.3 is 16.0 Å². The maximum absolute atomic E-state index is 12.2. The molecule has 3 aromatic rings. The molecule has 0 bridgehead atoms. The Morgan fingerprint density at radius 2 is 1.83 bits per heavy atom. The Morgan fingerprint density at radius 3 is 2.57 bits per heavy atom. The SMILES string of the molecule is CCc1ccccc1CNC(=NC)NCc1cccc(NC(=O)Cn2cccn2)c1. The molecule has 0 unspecified atom stereocenters. The molecule has 0 aliphatic rings. The fraction of sp³-hybridized carbons (Fsp3) is 0.261. The summed E-state index contributed by atoms with van der Waals surface area (Å²) in [6.45, 7) is 3.66. The highest BCUT2D eigenvalue weighted by atomic mass is 16.2. The van der Waals surface area contributed by atoms with Crippen LogP contribution in [0.3, 0.4) is 0 Å². The Balaban J connectivity index is 1.51. The molecule has 7 nitrogen and oxygen atoms in total. The minimum atomic E-state index is -0.115. The van der Waals surface area contributed by atoms with E-state index >= 15 is 0 Å². The van der Waals surface area contributed by atoms with Crippen LogP contribution in [0.1, 0.15) is 23.6 Å². The van der Waals surface area contributed by atoms with Gasteiger partial charge in [0, 0.05) is 38.2 Å². The number of nitrogens with one attached hydrogen (secondary N) is 3. The first-order valence-corrected chi connectivity index (χ1v) is 10.1. The molecular formula is C23H28N6O. The Kier molecular flexibility index (Phi) is 7.60. The van der Waals surface area contributed by atoms with E-state index < -0.39 is 0 Å². The maximum Gasteiger partial charge on any atom is 0.246 e. The van der Waals surface area contributed by atoms with Gasteiger partial charge in [0.2, 0.25) is 5.91 Å². The number of hydrogen-bond donors (Lipinski definition) is 3. The van der Waals surface area contributed by atoms with E-state index in [9.17, 15) is 4.79 Å². The average Bonchev–Trinajstić information content (AvgIpc) is 3.27. The van der Waals surface area contributed by atoms with E-state index in [-0.39, 0.29) is 12.5 Å². The number of guanidine groups is 1. The quantitative estimate of drug-likeness (QED) is 0.398. The zero-order valence-electron chi connectivity index (χ0n) is 17.4. The smallest absolute Gasteiger partial charge is 0.246 e. The largest absolute Gasteiger partial charge is 0.352 e. The minimum Gasteiger partial charge on any atom is -0.352 e. The van der Waals surface area contributed by atoms with Crippen LogP contribution in [0.25, 0.3) is 0 Å². The van der Waals surface area contributed by atoms with Gasteiger partial charge in [-0.3, -0.25) is 14.5 Å². The molecule has 156 valence electrons. The number of anilines is 1. The van der Waals surface area contributed by atoms with E-state index in [2.05, 4.69) is 57.2 Å². The Hall–Kier alpha value is -3.61. The number of benzene rings is 2. The molecule has 7 heteroatoms. The highest BCUT2D eigenvalue weighted by molar-refractivity contribution is 5.90. The van der Waals surface area contributed by atoms with Crippen molar-refractivity contribution < 1.29 is 4.79 Å². The molecule has 1 heterocycles. The van der Waals surface area contributed by atoms with Crippen LogP contribution < -0.4 is 16.0 Å². The van der Waals surface area contributed by atoms with Crippen molar-refractivity contribution in [3.05, 3.63) is 83.7 Å². The first-order valence-electron chi connectivity index (χ1n) is 10.1. The van der Waals surface area contributed by atoms with Gasteiger partial charge in [-0.05, 0) is 41.3 Å². The highest BCUT2D eigenvalue weighted by Gasteiger charge is 2.06. The van der Waals surface area contributed by atoms with Gasteiger partial charge in [0.05, 0.1) is 0 Å². The van der Waals surface area contributed by atoms with Crippen molar-refractivity contribution in [2.24, 2.45) is 4.99 Å². The van der Waals surface area contributed by atoms with Gasteiger partial charge in [-0.15, -0.1) is 0 Å². The second-order valence-electron chi connectivity index (χ2n) is 6.85. The molecule has 3 N–H and O–H groups in total. The number of carbonyl (C=O) groups is 1. The Labute approximate surface area is 177 Å². The third-order valence-corrected chi connectivity index (χ3v) is 4.70. The molecule has 1 aromatic heterocycles. The second kappa shape index (κ2) is 10.8. The normalized spacial score (nSPS) is 11.2. The molecule has 0 atom stereocenters. The lowest BCUT2D eigenvalue weighted by molar-refractivity contribution is -0.116. The van der Waals surface area contributed by atoms with Gasteiger partial charge in [-0.1, -0.05) is 43.3 Å². The van der Waals surface area contributed by atoms with Crippen molar-refractivity contribution in [1.82, 2.24) is 20.4 Å². The zero-order chi connectivity index (χ0) is 21.2. The van der Waals surface area contributed by atoms with E-state index in [1.807, 2.05) is 24.3 Å². The van der Waals surface area contributed by atoms with Gasteiger partial charge in [0.1, 0.15) is 6.54 Å². The Morgan fingerprint density at radius 1 is 1.03 bits per heavy atom. The topological polar surface area (TPSA) is 83.3 Å². The van der Waals surface area contributed by atoms with Crippen molar-refractivity contribution in [3.8, 4) is 0 Å². The third-order valence-electron chi connectivity index (χ3n) is 4.70. The third kappa shape index (κ3) is 6.20. The molecule has 0 radical (unpaired) electrons. The molecule has 0 saturated carbocycles. The molecule has 1 amide bonds. The van der Waals surface area contributed by atoms with Crippen LogP contribution in [0.4, 0.5) is 5.69 Å². The summed E-state index contributed by atoms with van der Waals surface area (Å²) in [6, 6.07) is 18.0. The van der Waals surface area contributed by atoms with Gasteiger partial charge in [-0.25, -0.2) is 0 Å². The fourth-order valence-corrected chi connectivity index (χ4v) is 3.16. The standard InChI is InChI=1S/C23H28N6O/c1-3-19-9-4-5-10-20(19)16-26-23(24-2)25-15-18-8-6-11-21(14-18)28-22(30)17-29-13-7-12-27-29/h4-14H,3,15-17H2,1-2H3,(H,28,30)(H2,24,25,26). The van der Waals surface area contributed by atoms with Gasteiger partial charge in [-0.2, -0.15) is 5.10 Å². The van der Waals surface area contributed by atoms with Crippen molar-refractivity contribution in [1.29, 1.82) is 0 Å². The van der Waals surface area contributed by atoms with Crippen LogP contribution in [-0.2, 0) is 30.8 Å². The van der Waals surface area contributed by atoms with E-state index in [4.69, 9.17) is 0 Å². The predicted molar refractivity (Wildman–Crippen MR) is 120 cm³/mol. The molecule has 30 heavy (non-hydrogen) atoms. The number of rotatable bonds is 8. The molecule has 0 spiro atoms. The van der Waals surface area contributed by atoms with Gasteiger partial charge in [0.15, 0.2) is 5.96 Å². The number of aliphatic imine (C=N–C) groups is 1. The van der Waals surface area contributed by atoms with Crippen molar-refractivity contribution in [2.45, 2.75) is 33.0 Å². The number of carbonyl (C=O) groups excluding carboxylic acids is 1. The summed E-state index contributed by atoms with van der Waals surface area (Å²) in [5, 5.41) is 13.6. The molecular weight excluding hydrogens is 376 g/mol. The lowest BCUT2D eigenvalue weighted by Crippen LogP contribution is -2.36. The van der Waals surface area contributed by atoms with Gasteiger partial charge >= 0.3 is 0 Å². The van der Waals surface area contributed by atoms with E-state index in [0.717, 1.165) is 23.6 Å². The minimum absolute atomic E-state index is 0.115. The summed E-state index contributed by atoms with van der Waals surface area (Å²) in [5.74, 6) is 0.616. The van der Waals surface area contributed by atoms with Crippen LogP contribution in [0.2, 0.25) is 0 Å². The molecule has 2 aromatic carbocycles. The lowest BCUT2D eigenvalue weighted by atomic mass is 10.1. The molecule has 0 aliphatic carbocycles. The monoisotopic (exact) mass is 404 g/mol. The first kappa shape index (κ1) is 21.1. The van der Waals surface area contributed by atoms with Crippen LogP contribution in [0, 0.1) is 0 Å². The van der Waals surface area contributed by atoms with Crippen molar-refractivity contribution >= 4 is 17.6 Å². The van der Waals surface area contributed by atoms with Gasteiger partial charge in [0.25, 0.3) is 0 Å². The predicted octanol–water partition coefficient (Wildman–Crippen LogP) is 2.95. The lowest BCUT2D eigenvalue weighted by Gasteiger charge is -2.14. The number of aryl methyl sites for hydroxylation is 1. The van der Waals surface area contributed by atoms with E-state index in [1.54, 1.807) is 30.2 Å². The average molecular weight is 405 g/mol. The molecule has 3 rings (SSSR count). The summed E-state index contributed by atoms with van der Waals surface area (Å²) in [7, 11) is 1.76. The number of amides is 1. The summed E-state index contributed by atoms with van der Waals surface area (Å²) in [5.41, 5.74) is 4.40. The number of hydrogen-bond acceptors (Lipinski definition) is 3. The fourth-order valence-electron chi connectivity index (χ4n) is 3.16. The Bertz CT molecular complexity index is 981.